The second-order valence-electron chi connectivity index (χ2n) is 5.63. The highest BCUT2D eigenvalue weighted by atomic mass is 32.2. The first-order valence-corrected chi connectivity index (χ1v) is 8.93. The third-order valence-electron chi connectivity index (χ3n) is 3.50. The minimum atomic E-state index is -0.502. The number of amides is 1. The zero-order valence-electron chi connectivity index (χ0n) is 14.0. The van der Waals surface area contributed by atoms with Crippen LogP contribution in [0.5, 0.6) is 0 Å². The SMILES string of the molecule is CSc1cccc(NC(=O)COC(=O)c2ccc(C(C)C)cc2)c1. The van der Waals surface area contributed by atoms with Crippen molar-refractivity contribution in [2.75, 3.05) is 18.2 Å². The van der Waals surface area contributed by atoms with E-state index in [0.29, 0.717) is 17.2 Å². The van der Waals surface area contributed by atoms with Gasteiger partial charge in [-0.3, -0.25) is 4.79 Å². The predicted octanol–water partition coefficient (Wildman–Crippen LogP) is 4.33. The second-order valence-corrected chi connectivity index (χ2v) is 6.51. The highest BCUT2D eigenvalue weighted by molar-refractivity contribution is 7.98. The lowest BCUT2D eigenvalue weighted by Crippen LogP contribution is -2.20. The summed E-state index contributed by atoms with van der Waals surface area (Å²) in [6.07, 6.45) is 1.97. The lowest BCUT2D eigenvalue weighted by atomic mass is 10.0. The first-order valence-electron chi connectivity index (χ1n) is 7.70. The maximum atomic E-state index is 12.0. The van der Waals surface area contributed by atoms with E-state index < -0.39 is 5.97 Å². The number of hydrogen-bond acceptors (Lipinski definition) is 4. The standard InChI is InChI=1S/C19H21NO3S/c1-13(2)14-7-9-15(10-8-14)19(22)23-12-18(21)20-16-5-4-6-17(11-16)24-3/h4-11,13H,12H2,1-3H3,(H,20,21). The van der Waals surface area contributed by atoms with E-state index >= 15 is 0 Å². The van der Waals surface area contributed by atoms with Crippen molar-refractivity contribution < 1.29 is 14.3 Å². The summed E-state index contributed by atoms with van der Waals surface area (Å²) in [7, 11) is 0. The Kier molecular flexibility index (Phi) is 6.44. The summed E-state index contributed by atoms with van der Waals surface area (Å²) in [5, 5.41) is 2.72. The van der Waals surface area contributed by atoms with Gasteiger partial charge in [0.05, 0.1) is 5.56 Å². The van der Waals surface area contributed by atoms with E-state index in [1.54, 1.807) is 30.0 Å². The molecule has 0 atom stereocenters. The molecule has 0 fully saturated rings. The molecule has 2 rings (SSSR count). The first kappa shape index (κ1) is 18.1. The summed E-state index contributed by atoms with van der Waals surface area (Å²) < 4.78 is 5.06. The molecule has 1 N–H and O–H groups in total. The fourth-order valence-corrected chi connectivity index (χ4v) is 2.58. The summed E-state index contributed by atoms with van der Waals surface area (Å²) in [6.45, 7) is 3.86. The van der Waals surface area contributed by atoms with Crippen molar-refractivity contribution >= 4 is 29.3 Å². The average Bonchev–Trinajstić information content (AvgIpc) is 2.60. The Morgan fingerprint density at radius 1 is 1.12 bits per heavy atom. The van der Waals surface area contributed by atoms with Crippen LogP contribution in [0.2, 0.25) is 0 Å². The fourth-order valence-electron chi connectivity index (χ4n) is 2.12. The molecular weight excluding hydrogens is 322 g/mol. The van der Waals surface area contributed by atoms with Gasteiger partial charge in [0.2, 0.25) is 0 Å². The van der Waals surface area contributed by atoms with Crippen LogP contribution < -0.4 is 5.32 Å². The Bertz CT molecular complexity index is 711. The topological polar surface area (TPSA) is 55.4 Å². The number of esters is 1. The molecule has 1 amide bonds. The van der Waals surface area contributed by atoms with Crippen LogP contribution >= 0.6 is 11.8 Å². The molecule has 0 unspecified atom stereocenters. The molecule has 0 aromatic heterocycles. The molecule has 24 heavy (non-hydrogen) atoms. The van der Waals surface area contributed by atoms with Crippen LogP contribution in [-0.2, 0) is 9.53 Å². The first-order chi connectivity index (χ1) is 11.5. The van der Waals surface area contributed by atoms with Gasteiger partial charge in [-0.05, 0) is 48.1 Å². The lowest BCUT2D eigenvalue weighted by Gasteiger charge is -2.09. The van der Waals surface area contributed by atoms with Crippen molar-refractivity contribution in [3.05, 3.63) is 59.7 Å². The number of ether oxygens (including phenoxy) is 1. The molecule has 0 radical (unpaired) electrons. The number of thioether (sulfide) groups is 1. The van der Waals surface area contributed by atoms with Crippen molar-refractivity contribution in [1.82, 2.24) is 0 Å². The van der Waals surface area contributed by atoms with Crippen molar-refractivity contribution in [2.45, 2.75) is 24.7 Å². The Morgan fingerprint density at radius 2 is 1.83 bits per heavy atom. The van der Waals surface area contributed by atoms with Gasteiger partial charge in [0.15, 0.2) is 6.61 Å². The third kappa shape index (κ3) is 5.13. The minimum Gasteiger partial charge on any atom is -0.452 e. The van der Waals surface area contributed by atoms with Crippen LogP contribution in [0, 0.1) is 0 Å². The molecule has 0 aliphatic rings. The Morgan fingerprint density at radius 3 is 2.46 bits per heavy atom. The van der Waals surface area contributed by atoms with Crippen LogP contribution in [0.3, 0.4) is 0 Å². The van der Waals surface area contributed by atoms with Gasteiger partial charge in [0.1, 0.15) is 0 Å². The van der Waals surface area contributed by atoms with E-state index in [2.05, 4.69) is 19.2 Å². The zero-order valence-corrected chi connectivity index (χ0v) is 14.9. The monoisotopic (exact) mass is 343 g/mol. The van der Waals surface area contributed by atoms with E-state index in [1.165, 1.54) is 0 Å². The summed E-state index contributed by atoms with van der Waals surface area (Å²) in [5.74, 6) is -0.461. The van der Waals surface area contributed by atoms with Crippen molar-refractivity contribution in [3.8, 4) is 0 Å². The maximum absolute atomic E-state index is 12.0. The normalized spacial score (nSPS) is 10.5. The highest BCUT2D eigenvalue weighted by Gasteiger charge is 2.11. The lowest BCUT2D eigenvalue weighted by molar-refractivity contribution is -0.119. The largest absolute Gasteiger partial charge is 0.452 e. The number of carbonyl (C=O) groups is 2. The van der Waals surface area contributed by atoms with Crippen LogP contribution in [0.25, 0.3) is 0 Å². The van der Waals surface area contributed by atoms with Crippen molar-refractivity contribution in [2.24, 2.45) is 0 Å². The number of benzene rings is 2. The molecule has 0 saturated heterocycles. The number of rotatable bonds is 6. The van der Waals surface area contributed by atoms with E-state index in [1.807, 2.05) is 36.6 Å². The average molecular weight is 343 g/mol. The second kappa shape index (κ2) is 8.55. The number of carbonyl (C=O) groups excluding carboxylic acids is 2. The Hall–Kier alpha value is -2.27. The minimum absolute atomic E-state index is 0.311. The van der Waals surface area contributed by atoms with Gasteiger partial charge < -0.3 is 10.1 Å². The molecule has 0 bridgehead atoms. The fraction of sp³-hybridized carbons (Fsp3) is 0.263. The Labute approximate surface area is 146 Å². The zero-order chi connectivity index (χ0) is 17.5. The number of anilines is 1. The van der Waals surface area contributed by atoms with Gasteiger partial charge in [-0.2, -0.15) is 0 Å². The van der Waals surface area contributed by atoms with Crippen LogP contribution in [0.4, 0.5) is 5.69 Å². The molecular formula is C19H21NO3S. The quantitative estimate of drug-likeness (QED) is 0.627. The molecule has 5 heteroatoms. The molecule has 0 spiro atoms. The van der Waals surface area contributed by atoms with Gasteiger partial charge in [0.25, 0.3) is 5.91 Å². The predicted molar refractivity (Wildman–Crippen MR) is 97.7 cm³/mol. The molecule has 2 aromatic rings. The smallest absolute Gasteiger partial charge is 0.338 e. The molecule has 126 valence electrons. The third-order valence-corrected chi connectivity index (χ3v) is 4.23. The maximum Gasteiger partial charge on any atom is 0.338 e. The van der Waals surface area contributed by atoms with E-state index in [0.717, 1.165) is 10.5 Å². The number of hydrogen-bond donors (Lipinski definition) is 1. The summed E-state index contributed by atoms with van der Waals surface area (Å²) in [6, 6.07) is 14.7. The number of nitrogens with one attached hydrogen (secondary N) is 1. The molecule has 2 aromatic carbocycles. The van der Waals surface area contributed by atoms with Gasteiger partial charge in [-0.1, -0.05) is 32.0 Å². The van der Waals surface area contributed by atoms with Gasteiger partial charge >= 0.3 is 5.97 Å². The molecule has 0 aliphatic heterocycles. The molecule has 4 nitrogen and oxygen atoms in total. The van der Waals surface area contributed by atoms with Crippen LogP contribution in [0.15, 0.2) is 53.4 Å². The Balaban J connectivity index is 1.87. The van der Waals surface area contributed by atoms with Gasteiger partial charge in [0, 0.05) is 10.6 Å². The van der Waals surface area contributed by atoms with E-state index in [-0.39, 0.29) is 12.5 Å². The van der Waals surface area contributed by atoms with Crippen molar-refractivity contribution in [1.29, 1.82) is 0 Å². The van der Waals surface area contributed by atoms with E-state index in [4.69, 9.17) is 4.74 Å². The van der Waals surface area contributed by atoms with Crippen LogP contribution in [-0.4, -0.2) is 24.7 Å². The summed E-state index contributed by atoms with van der Waals surface area (Å²) in [4.78, 5) is 24.9. The molecule has 0 aliphatic carbocycles. The van der Waals surface area contributed by atoms with Gasteiger partial charge in [-0.15, -0.1) is 11.8 Å². The molecule has 0 heterocycles. The van der Waals surface area contributed by atoms with Gasteiger partial charge in [-0.25, -0.2) is 4.79 Å². The summed E-state index contributed by atoms with van der Waals surface area (Å²) >= 11 is 1.59. The van der Waals surface area contributed by atoms with Crippen molar-refractivity contribution in [3.63, 3.8) is 0 Å². The van der Waals surface area contributed by atoms with Crippen LogP contribution in [0.1, 0.15) is 35.7 Å². The highest BCUT2D eigenvalue weighted by Crippen LogP contribution is 2.19. The molecule has 0 saturated carbocycles. The summed E-state index contributed by atoms with van der Waals surface area (Å²) in [5.41, 5.74) is 2.28. The van der Waals surface area contributed by atoms with E-state index in [9.17, 15) is 9.59 Å².